The molecule has 16 heavy (non-hydrogen) atoms. The highest BCUT2D eigenvalue weighted by Gasteiger charge is 2.35. The quantitative estimate of drug-likeness (QED) is 0.719. The summed E-state index contributed by atoms with van der Waals surface area (Å²) in [5.41, 5.74) is 0. The number of rotatable bonds is 6. The van der Waals surface area contributed by atoms with Crippen molar-refractivity contribution in [1.82, 2.24) is 5.32 Å². The van der Waals surface area contributed by atoms with Crippen LogP contribution in [0.25, 0.3) is 0 Å². The van der Waals surface area contributed by atoms with Gasteiger partial charge >= 0.3 is 0 Å². The molecular formula is C13H24N2S. The lowest BCUT2D eigenvalue weighted by Crippen LogP contribution is -2.30. The Labute approximate surface area is 104 Å². The molecule has 92 valence electrons. The Morgan fingerprint density at radius 2 is 2.25 bits per heavy atom. The van der Waals surface area contributed by atoms with Crippen LogP contribution in [0.4, 0.5) is 0 Å². The molecule has 2 unspecified atom stereocenters. The van der Waals surface area contributed by atoms with Gasteiger partial charge < -0.3 is 5.32 Å². The highest BCUT2D eigenvalue weighted by Crippen LogP contribution is 2.41. The van der Waals surface area contributed by atoms with Crippen LogP contribution in [0.5, 0.6) is 0 Å². The molecule has 0 radical (unpaired) electrons. The lowest BCUT2D eigenvalue weighted by molar-refractivity contribution is 0.557. The largest absolute Gasteiger partial charge is 0.362 e. The topological polar surface area (TPSA) is 24.4 Å². The average Bonchev–Trinajstić information content (AvgIpc) is 3.01. The number of thioether (sulfide) groups is 1. The average molecular weight is 240 g/mol. The van der Waals surface area contributed by atoms with Gasteiger partial charge in [0.1, 0.15) is 0 Å². The second-order valence-corrected chi connectivity index (χ2v) is 6.41. The van der Waals surface area contributed by atoms with E-state index in [1.165, 1.54) is 43.7 Å². The Kier molecular flexibility index (Phi) is 4.56. The number of nitrogens with one attached hydrogen (secondary N) is 1. The summed E-state index contributed by atoms with van der Waals surface area (Å²) in [7, 11) is 0. The van der Waals surface area contributed by atoms with Gasteiger partial charge in [0.2, 0.25) is 0 Å². The van der Waals surface area contributed by atoms with Crippen LogP contribution < -0.4 is 5.32 Å². The van der Waals surface area contributed by atoms with Gasteiger partial charge in [-0.1, -0.05) is 37.9 Å². The molecular weight excluding hydrogens is 216 g/mol. The third-order valence-corrected chi connectivity index (χ3v) is 4.74. The first-order chi connectivity index (χ1) is 7.79. The first-order valence-electron chi connectivity index (χ1n) is 6.77. The Morgan fingerprint density at radius 1 is 1.44 bits per heavy atom. The predicted molar refractivity (Wildman–Crippen MR) is 73.1 cm³/mol. The molecule has 0 aromatic carbocycles. The van der Waals surface area contributed by atoms with Crippen molar-refractivity contribution in [1.29, 1.82) is 0 Å². The fourth-order valence-electron chi connectivity index (χ4n) is 2.17. The van der Waals surface area contributed by atoms with E-state index < -0.39 is 0 Å². The minimum Gasteiger partial charge on any atom is -0.362 e. The number of unbranched alkanes of at least 4 members (excludes halogenated alkanes) is 2. The van der Waals surface area contributed by atoms with Crippen molar-refractivity contribution < 1.29 is 0 Å². The molecule has 1 N–H and O–H groups in total. The summed E-state index contributed by atoms with van der Waals surface area (Å²) in [4.78, 5) is 4.62. The van der Waals surface area contributed by atoms with E-state index >= 15 is 0 Å². The summed E-state index contributed by atoms with van der Waals surface area (Å²) in [6.07, 6.45) is 8.16. The lowest BCUT2D eigenvalue weighted by Gasteiger charge is -2.14. The van der Waals surface area contributed by atoms with E-state index in [0.717, 1.165) is 17.7 Å². The second-order valence-electron chi connectivity index (χ2n) is 5.18. The molecule has 2 rings (SSSR count). The number of hydrogen-bond acceptors (Lipinski definition) is 3. The summed E-state index contributed by atoms with van der Waals surface area (Å²) in [5.74, 6) is 0.975. The summed E-state index contributed by atoms with van der Waals surface area (Å²) in [6, 6.07) is 0.593. The standard InChI is InChI=1S/C13H24N2S/c1-3-4-5-6-10(2)15-13-14-9-12(16-13)11-7-8-11/h10-12H,3-9H2,1-2H3,(H,14,15). The van der Waals surface area contributed by atoms with Crippen molar-refractivity contribution in [2.75, 3.05) is 6.54 Å². The Hall–Kier alpha value is -0.180. The fraction of sp³-hybridized carbons (Fsp3) is 0.923. The molecule has 1 saturated carbocycles. The monoisotopic (exact) mass is 240 g/mol. The van der Waals surface area contributed by atoms with Crippen LogP contribution in [0.1, 0.15) is 52.4 Å². The van der Waals surface area contributed by atoms with Gasteiger partial charge in [-0.15, -0.1) is 0 Å². The van der Waals surface area contributed by atoms with Gasteiger partial charge in [-0.05, 0) is 32.1 Å². The third kappa shape index (κ3) is 3.69. The molecule has 0 aromatic rings. The van der Waals surface area contributed by atoms with Crippen LogP contribution in [0.2, 0.25) is 0 Å². The molecule has 1 aliphatic carbocycles. The van der Waals surface area contributed by atoms with Crippen molar-refractivity contribution in [2.24, 2.45) is 10.9 Å². The van der Waals surface area contributed by atoms with Gasteiger partial charge in [0, 0.05) is 11.3 Å². The van der Waals surface area contributed by atoms with Crippen LogP contribution in [-0.2, 0) is 0 Å². The number of hydrogen-bond donors (Lipinski definition) is 1. The molecule has 0 aromatic heterocycles. The van der Waals surface area contributed by atoms with Gasteiger partial charge in [0.25, 0.3) is 0 Å². The van der Waals surface area contributed by atoms with E-state index in [1.54, 1.807) is 0 Å². The maximum absolute atomic E-state index is 4.62. The predicted octanol–water partition coefficient (Wildman–Crippen LogP) is 3.43. The van der Waals surface area contributed by atoms with Gasteiger partial charge in [0.15, 0.2) is 5.17 Å². The first-order valence-corrected chi connectivity index (χ1v) is 7.65. The number of nitrogens with zero attached hydrogens (tertiary/aromatic N) is 1. The second kappa shape index (κ2) is 5.95. The fourth-order valence-corrected chi connectivity index (χ4v) is 3.49. The molecule has 0 spiro atoms. The maximum atomic E-state index is 4.62. The zero-order valence-corrected chi connectivity index (χ0v) is 11.4. The van der Waals surface area contributed by atoms with Crippen LogP contribution >= 0.6 is 11.8 Å². The van der Waals surface area contributed by atoms with Gasteiger partial charge in [0.05, 0.1) is 6.54 Å². The molecule has 1 aliphatic heterocycles. The van der Waals surface area contributed by atoms with Crippen LogP contribution in [0.3, 0.4) is 0 Å². The molecule has 0 amide bonds. The molecule has 0 bridgehead atoms. The number of amidine groups is 1. The highest BCUT2D eigenvalue weighted by atomic mass is 32.2. The molecule has 1 heterocycles. The summed E-state index contributed by atoms with van der Waals surface area (Å²) in [6.45, 7) is 5.60. The molecule has 1 fully saturated rings. The maximum Gasteiger partial charge on any atom is 0.157 e. The van der Waals surface area contributed by atoms with Gasteiger partial charge in [-0.2, -0.15) is 0 Å². The zero-order valence-electron chi connectivity index (χ0n) is 10.5. The van der Waals surface area contributed by atoms with E-state index in [-0.39, 0.29) is 0 Å². The van der Waals surface area contributed by atoms with Crippen LogP contribution in [0, 0.1) is 5.92 Å². The molecule has 0 saturated heterocycles. The lowest BCUT2D eigenvalue weighted by atomic mass is 10.1. The first kappa shape index (κ1) is 12.3. The van der Waals surface area contributed by atoms with E-state index in [4.69, 9.17) is 0 Å². The summed E-state index contributed by atoms with van der Waals surface area (Å²) >= 11 is 1.99. The molecule has 3 heteroatoms. The number of aliphatic imine (C=N–C) groups is 1. The van der Waals surface area contributed by atoms with Gasteiger partial charge in [-0.25, -0.2) is 0 Å². The Morgan fingerprint density at radius 3 is 2.94 bits per heavy atom. The Balaban J connectivity index is 1.61. The zero-order chi connectivity index (χ0) is 11.4. The minimum absolute atomic E-state index is 0.593. The van der Waals surface area contributed by atoms with Crippen molar-refractivity contribution in [2.45, 2.75) is 63.7 Å². The smallest absolute Gasteiger partial charge is 0.157 e. The normalized spacial score (nSPS) is 26.6. The van der Waals surface area contributed by atoms with Crippen molar-refractivity contribution in [3.63, 3.8) is 0 Å². The summed E-state index contributed by atoms with van der Waals surface area (Å²) in [5, 5.41) is 5.57. The van der Waals surface area contributed by atoms with E-state index in [2.05, 4.69) is 24.2 Å². The Bertz CT molecular complexity index is 248. The van der Waals surface area contributed by atoms with Crippen molar-refractivity contribution in [3.8, 4) is 0 Å². The molecule has 2 nitrogen and oxygen atoms in total. The third-order valence-electron chi connectivity index (χ3n) is 3.44. The highest BCUT2D eigenvalue weighted by molar-refractivity contribution is 8.14. The molecule has 2 aliphatic rings. The van der Waals surface area contributed by atoms with Crippen LogP contribution in [0.15, 0.2) is 4.99 Å². The van der Waals surface area contributed by atoms with E-state index in [1.807, 2.05) is 11.8 Å². The van der Waals surface area contributed by atoms with Crippen LogP contribution in [-0.4, -0.2) is 23.0 Å². The minimum atomic E-state index is 0.593. The van der Waals surface area contributed by atoms with Crippen molar-refractivity contribution >= 4 is 16.9 Å². The summed E-state index contributed by atoms with van der Waals surface area (Å²) < 4.78 is 0. The van der Waals surface area contributed by atoms with Crippen molar-refractivity contribution in [3.05, 3.63) is 0 Å². The van der Waals surface area contributed by atoms with E-state index in [9.17, 15) is 0 Å². The van der Waals surface area contributed by atoms with E-state index in [0.29, 0.717) is 6.04 Å². The SMILES string of the molecule is CCCCCC(C)NC1=NCC(C2CC2)S1. The molecule has 2 atom stereocenters. The van der Waals surface area contributed by atoms with Gasteiger partial charge in [-0.3, -0.25) is 4.99 Å².